The first kappa shape index (κ1) is 15.7. The van der Waals surface area contributed by atoms with Crippen LogP contribution < -0.4 is 51.4 Å². The average Bonchev–Trinajstić information content (AvgIpc) is 0.811. The average molecular weight is 137 g/mol. The Labute approximate surface area is 85.4 Å². The van der Waals surface area contributed by atoms with Crippen molar-refractivity contribution in [3.05, 3.63) is 10.1 Å². The fraction of sp³-hybridized carbons (Fsp3) is 0. The third-order valence-electron chi connectivity index (χ3n) is 0. The minimum atomic E-state index is -1.50. The van der Waals surface area contributed by atoms with Crippen molar-refractivity contribution < 1.29 is 63.1 Å². The molecule has 6 heavy (non-hydrogen) atoms. The van der Waals surface area contributed by atoms with Gasteiger partial charge >= 0.3 is 51.4 Å². The van der Waals surface area contributed by atoms with E-state index in [4.69, 9.17) is 15.3 Å². The maximum Gasteiger partial charge on any atom is 1.00 e. The fourth-order valence-corrected chi connectivity index (χ4v) is 0. The summed E-state index contributed by atoms with van der Waals surface area (Å²) >= 11 is 0. The van der Waals surface area contributed by atoms with Crippen molar-refractivity contribution >= 4 is 13.5 Å². The van der Waals surface area contributed by atoms with E-state index in [0.29, 0.717) is 0 Å². The monoisotopic (exact) mass is 137 g/mol. The molecule has 6 heteroatoms. The van der Waals surface area contributed by atoms with Crippen molar-refractivity contribution in [2.45, 2.75) is 0 Å². The molecule has 0 saturated carbocycles. The van der Waals surface area contributed by atoms with E-state index in [-0.39, 0.29) is 66.3 Å². The van der Waals surface area contributed by atoms with Crippen molar-refractivity contribution in [3.8, 4) is 0 Å². The van der Waals surface area contributed by atoms with Crippen LogP contribution in [0.2, 0.25) is 0 Å². The molecule has 4 nitrogen and oxygen atoms in total. The summed E-state index contributed by atoms with van der Waals surface area (Å²) in [6.07, 6.45) is 0. The molecule has 0 saturated heterocycles. The van der Waals surface area contributed by atoms with Crippen LogP contribution in [0.4, 0.5) is 0 Å². The molecule has 0 spiro atoms. The van der Waals surface area contributed by atoms with Crippen LogP contribution in [0, 0.1) is 10.1 Å². The zero-order chi connectivity index (χ0) is 3.58. The van der Waals surface area contributed by atoms with Crippen molar-refractivity contribution in [1.29, 1.82) is 0 Å². The molecule has 0 amide bonds. The molecule has 1 N–H and O–H groups in total. The molecular weight excluding hydrogens is 133 g/mol. The molecule has 0 radical (unpaired) electrons. The third kappa shape index (κ3) is 64.6. The Kier molecular flexibility index (Phi) is 24.8. The summed E-state index contributed by atoms with van der Waals surface area (Å²) in [5.41, 5.74) is 0. The normalized spacial score (nSPS) is 4.00. The van der Waals surface area contributed by atoms with Crippen molar-refractivity contribution in [3.63, 3.8) is 0 Å². The van der Waals surface area contributed by atoms with Gasteiger partial charge in [0, 0.05) is 0 Å². The second kappa shape index (κ2) is 9.49. The zero-order valence-corrected chi connectivity index (χ0v) is 7.33. The van der Waals surface area contributed by atoms with Crippen LogP contribution in [0.3, 0.4) is 0 Å². The number of hydrogen-bond donors (Lipinski definition) is 1. The van der Waals surface area contributed by atoms with E-state index in [2.05, 4.69) is 0 Å². The van der Waals surface area contributed by atoms with Crippen LogP contribution in [0.5, 0.6) is 0 Å². The van der Waals surface area contributed by atoms with E-state index in [9.17, 15) is 0 Å². The number of rotatable bonds is 0. The summed E-state index contributed by atoms with van der Waals surface area (Å²) in [6, 6.07) is 0. The van der Waals surface area contributed by atoms with Gasteiger partial charge in [-0.3, -0.25) is 0 Å². The standard InChI is InChI=1S/K.HNO3.H2S.H/c;2-1(3)4;;/h;(H,2,3,4);1H2;/q+1;;;-1. The van der Waals surface area contributed by atoms with E-state index in [0.717, 1.165) is 0 Å². The van der Waals surface area contributed by atoms with Gasteiger partial charge < -0.3 is 6.63 Å². The van der Waals surface area contributed by atoms with Crippen molar-refractivity contribution in [2.24, 2.45) is 0 Å². The molecule has 0 rings (SSSR count). The second-order valence-corrected chi connectivity index (χ2v) is 0.238. The van der Waals surface area contributed by atoms with Gasteiger partial charge in [0.05, 0.1) is 0 Å². The minimum Gasteiger partial charge on any atom is -1.00 e. The van der Waals surface area contributed by atoms with E-state index >= 15 is 0 Å². The Balaban J connectivity index is -0.0000000150. The van der Waals surface area contributed by atoms with E-state index < -0.39 is 5.09 Å². The molecule has 0 aliphatic rings. The van der Waals surface area contributed by atoms with E-state index in [1.807, 2.05) is 0 Å². The van der Waals surface area contributed by atoms with Crippen LogP contribution in [-0.4, -0.2) is 10.3 Å². The molecule has 0 fully saturated rings. The van der Waals surface area contributed by atoms with Gasteiger partial charge in [-0.05, 0) is 0 Å². The van der Waals surface area contributed by atoms with E-state index in [1.165, 1.54) is 0 Å². The zero-order valence-electron chi connectivity index (χ0n) is 4.21. The number of nitrogens with zero attached hydrogens (tertiary/aromatic N) is 1. The third-order valence-corrected chi connectivity index (χ3v) is 0. The smallest absolute Gasteiger partial charge is 1.00 e. The van der Waals surface area contributed by atoms with Crippen LogP contribution in [0.25, 0.3) is 0 Å². The summed E-state index contributed by atoms with van der Waals surface area (Å²) in [5, 5.41) is 13.6. The first-order valence-corrected chi connectivity index (χ1v) is 0.565. The first-order chi connectivity index (χ1) is 1.73. The molecule has 34 valence electrons. The van der Waals surface area contributed by atoms with Crippen LogP contribution in [0.15, 0.2) is 0 Å². The molecular formula is H4KNO3S. The molecule has 0 aliphatic heterocycles. The van der Waals surface area contributed by atoms with Gasteiger partial charge in [-0.15, -0.1) is 10.1 Å². The SMILES string of the molecule is O=[N+]([O-])O.S.[H-].[K+]. The van der Waals surface area contributed by atoms with Gasteiger partial charge in [0.1, 0.15) is 0 Å². The van der Waals surface area contributed by atoms with Crippen LogP contribution in [-0.2, 0) is 0 Å². The molecule has 0 bridgehead atoms. The van der Waals surface area contributed by atoms with Crippen LogP contribution in [0.1, 0.15) is 1.43 Å². The largest absolute Gasteiger partial charge is 1.00 e. The van der Waals surface area contributed by atoms with Crippen LogP contribution >= 0.6 is 13.5 Å². The Morgan fingerprint density at radius 3 is 1.83 bits per heavy atom. The molecule has 0 atom stereocenters. The quantitative estimate of drug-likeness (QED) is 0.218. The molecule has 0 aliphatic carbocycles. The van der Waals surface area contributed by atoms with Crippen molar-refractivity contribution in [2.75, 3.05) is 0 Å². The molecule has 0 heterocycles. The Morgan fingerprint density at radius 1 is 1.83 bits per heavy atom. The maximum atomic E-state index is 8.36. The topological polar surface area (TPSA) is 63.4 Å². The van der Waals surface area contributed by atoms with Crippen molar-refractivity contribution in [1.82, 2.24) is 0 Å². The second-order valence-electron chi connectivity index (χ2n) is 0.238. The summed E-state index contributed by atoms with van der Waals surface area (Å²) in [7, 11) is 0. The molecule has 0 aromatic rings. The summed E-state index contributed by atoms with van der Waals surface area (Å²) in [5.74, 6) is 0. The van der Waals surface area contributed by atoms with Gasteiger partial charge in [-0.2, -0.15) is 13.5 Å². The predicted molar refractivity (Wildman–Crippen MR) is 20.3 cm³/mol. The predicted octanol–water partition coefficient (Wildman–Crippen LogP) is -3.12. The Bertz CT molecular complexity index is 37.9. The summed E-state index contributed by atoms with van der Waals surface area (Å²) in [6.45, 7) is 0. The van der Waals surface area contributed by atoms with Gasteiger partial charge in [0.2, 0.25) is 0 Å². The summed E-state index contributed by atoms with van der Waals surface area (Å²) < 4.78 is 0. The van der Waals surface area contributed by atoms with Gasteiger partial charge in [0.25, 0.3) is 5.09 Å². The molecule has 0 aromatic heterocycles. The minimum absolute atomic E-state index is 0. The van der Waals surface area contributed by atoms with Gasteiger partial charge in [-0.25, -0.2) is 0 Å². The molecule has 0 unspecified atom stereocenters. The number of hydrogen-bond acceptors (Lipinski definition) is 2. The molecule has 0 aromatic carbocycles. The summed E-state index contributed by atoms with van der Waals surface area (Å²) in [4.78, 5) is 8.36. The van der Waals surface area contributed by atoms with Gasteiger partial charge in [0.15, 0.2) is 0 Å². The maximum absolute atomic E-state index is 8.36. The fourth-order valence-electron chi connectivity index (χ4n) is 0. The Morgan fingerprint density at radius 2 is 1.83 bits per heavy atom. The van der Waals surface area contributed by atoms with E-state index in [1.54, 1.807) is 0 Å². The van der Waals surface area contributed by atoms with Gasteiger partial charge in [-0.1, -0.05) is 0 Å². The Hall–Kier alpha value is 1.19. The first-order valence-electron chi connectivity index (χ1n) is 0.565.